The topological polar surface area (TPSA) is 166 Å². The van der Waals surface area contributed by atoms with Crippen LogP contribution in [-0.2, 0) is 38.1 Å². The molecule has 6 unspecified atom stereocenters. The average molecular weight is 553 g/mol. The lowest BCUT2D eigenvalue weighted by atomic mass is 9.60. The van der Waals surface area contributed by atoms with Crippen LogP contribution in [0.1, 0.15) is 68.2 Å². The molecular weight excluding hydrogens is 512 g/mol. The molecule has 0 aliphatic heterocycles. The minimum absolute atomic E-state index is 0.116. The van der Waals surface area contributed by atoms with Crippen LogP contribution >= 0.6 is 0 Å². The first kappa shape index (κ1) is 32.2. The summed E-state index contributed by atoms with van der Waals surface area (Å²) < 4.78 is 21.9. The summed E-state index contributed by atoms with van der Waals surface area (Å²) in [5.41, 5.74) is 0.273. The molecule has 0 saturated carbocycles. The van der Waals surface area contributed by atoms with E-state index < -0.39 is 65.7 Å². The Kier molecular flexibility index (Phi) is 10.6. The molecule has 0 aromatic carbocycles. The van der Waals surface area contributed by atoms with E-state index in [0.29, 0.717) is 11.1 Å². The Bertz CT molecular complexity index is 1080. The average Bonchev–Trinajstić information content (AvgIpc) is 2.79. The zero-order valence-corrected chi connectivity index (χ0v) is 23.8. The lowest BCUT2D eigenvalue weighted by molar-refractivity contribution is -0.151. The molecule has 0 radical (unpaired) electrons. The Morgan fingerprint density at radius 1 is 0.846 bits per heavy atom. The number of aliphatic hydroxyl groups is 3. The molecule has 2 aliphatic rings. The Morgan fingerprint density at radius 3 is 1.95 bits per heavy atom. The maximum atomic E-state index is 12.3. The maximum absolute atomic E-state index is 12.3. The zero-order chi connectivity index (χ0) is 29.8. The minimum Gasteiger partial charge on any atom is -0.461 e. The fourth-order valence-corrected chi connectivity index (χ4v) is 5.42. The van der Waals surface area contributed by atoms with Gasteiger partial charge in [0.1, 0.15) is 12.7 Å². The highest BCUT2D eigenvalue weighted by molar-refractivity contribution is 5.70. The van der Waals surface area contributed by atoms with Crippen molar-refractivity contribution in [1.29, 1.82) is 0 Å². The second kappa shape index (κ2) is 12.9. The number of ether oxygens (including phenoxy) is 4. The minimum atomic E-state index is -1.39. The summed E-state index contributed by atoms with van der Waals surface area (Å²) in [7, 11) is 0. The standard InChI is InChI=1S/C28H40O11/c1-13-21(33)11-22(34)19(12-36-15(3)29)9-23(35)20-10-24(37-16(4)30)14(2)25(28(20,7)8)27(39-18(6)32)26(13)38-17(5)31/h9,20-24,27,33-35H,10-12H2,1-8H3. The normalized spacial score (nSPS) is 29.4. The molecule has 0 saturated heterocycles. The van der Waals surface area contributed by atoms with Gasteiger partial charge in [0.25, 0.3) is 0 Å². The number of rotatable bonds is 5. The number of esters is 4. The smallest absolute Gasteiger partial charge is 0.307 e. The van der Waals surface area contributed by atoms with Crippen LogP contribution in [0.2, 0.25) is 0 Å². The summed E-state index contributed by atoms with van der Waals surface area (Å²) in [6, 6.07) is 0. The quantitative estimate of drug-likeness (QED) is 0.259. The van der Waals surface area contributed by atoms with E-state index >= 15 is 0 Å². The molecule has 0 aromatic rings. The summed E-state index contributed by atoms with van der Waals surface area (Å²) in [6.07, 6.45) is -4.89. The van der Waals surface area contributed by atoms with Gasteiger partial charge in [-0.3, -0.25) is 19.2 Å². The Morgan fingerprint density at radius 2 is 1.44 bits per heavy atom. The monoisotopic (exact) mass is 552 g/mol. The fraction of sp³-hybridized carbons (Fsp3) is 0.643. The molecule has 0 aromatic heterocycles. The van der Waals surface area contributed by atoms with E-state index in [0.717, 1.165) is 6.92 Å². The van der Waals surface area contributed by atoms with Crippen molar-refractivity contribution in [2.75, 3.05) is 6.61 Å². The SMILES string of the molecule is CC(=O)OCC1=CC(O)C2CC(OC(C)=O)C(C)=C(C(OC(C)=O)C(OC(C)=O)=C(C)C(O)CC1O)C2(C)C. The van der Waals surface area contributed by atoms with E-state index in [-0.39, 0.29) is 36.4 Å². The predicted molar refractivity (Wildman–Crippen MR) is 138 cm³/mol. The molecular formula is C28H40O11. The van der Waals surface area contributed by atoms with Crippen molar-refractivity contribution in [2.24, 2.45) is 11.3 Å². The molecule has 0 fully saturated rings. The van der Waals surface area contributed by atoms with Crippen LogP contribution in [0.5, 0.6) is 0 Å². The van der Waals surface area contributed by atoms with Crippen LogP contribution in [-0.4, -0.2) is 76.3 Å². The predicted octanol–water partition coefficient (Wildman–Crippen LogP) is 2.03. The molecule has 2 bridgehead atoms. The van der Waals surface area contributed by atoms with E-state index in [9.17, 15) is 34.5 Å². The molecule has 11 nitrogen and oxygen atoms in total. The number of carbonyl (C=O) groups excluding carboxylic acids is 4. The number of carbonyl (C=O) groups is 4. The van der Waals surface area contributed by atoms with E-state index in [1.807, 2.05) is 0 Å². The summed E-state index contributed by atoms with van der Waals surface area (Å²) in [5.74, 6) is -3.43. The van der Waals surface area contributed by atoms with E-state index in [4.69, 9.17) is 18.9 Å². The van der Waals surface area contributed by atoms with Gasteiger partial charge in [-0.1, -0.05) is 19.9 Å². The van der Waals surface area contributed by atoms with Crippen LogP contribution in [0.25, 0.3) is 0 Å². The number of hydrogen-bond acceptors (Lipinski definition) is 11. The molecule has 39 heavy (non-hydrogen) atoms. The Balaban J connectivity index is 2.95. The van der Waals surface area contributed by atoms with E-state index in [1.165, 1.54) is 33.8 Å². The van der Waals surface area contributed by atoms with Gasteiger partial charge in [-0.25, -0.2) is 0 Å². The van der Waals surface area contributed by atoms with Gasteiger partial charge in [-0.05, 0) is 48.0 Å². The first-order chi connectivity index (χ1) is 18.0. The van der Waals surface area contributed by atoms with Crippen molar-refractivity contribution in [3.05, 3.63) is 34.1 Å². The first-order valence-electron chi connectivity index (χ1n) is 12.8. The van der Waals surface area contributed by atoms with Crippen LogP contribution in [0.4, 0.5) is 0 Å². The maximum Gasteiger partial charge on any atom is 0.307 e. The second-order valence-corrected chi connectivity index (χ2v) is 10.7. The molecule has 3 N–H and O–H groups in total. The van der Waals surface area contributed by atoms with E-state index in [2.05, 4.69) is 0 Å². The van der Waals surface area contributed by atoms with Gasteiger partial charge in [0.15, 0.2) is 11.9 Å². The van der Waals surface area contributed by atoms with Gasteiger partial charge in [0, 0.05) is 40.0 Å². The molecule has 2 rings (SSSR count). The number of fused-ring (bicyclic) bond motifs is 2. The fourth-order valence-electron chi connectivity index (χ4n) is 5.42. The molecule has 0 heterocycles. The Labute approximate surface area is 228 Å². The van der Waals surface area contributed by atoms with Crippen LogP contribution in [0, 0.1) is 11.3 Å². The number of hydrogen-bond donors (Lipinski definition) is 3. The second-order valence-electron chi connectivity index (χ2n) is 10.7. The Hall–Kier alpha value is -3.02. The summed E-state index contributed by atoms with van der Waals surface area (Å²) in [6.45, 7) is 11.3. The molecule has 0 amide bonds. The highest BCUT2D eigenvalue weighted by Crippen LogP contribution is 2.51. The van der Waals surface area contributed by atoms with Crippen molar-refractivity contribution in [3.63, 3.8) is 0 Å². The van der Waals surface area contributed by atoms with Crippen molar-refractivity contribution in [3.8, 4) is 0 Å². The van der Waals surface area contributed by atoms with Crippen molar-refractivity contribution >= 4 is 23.9 Å². The highest BCUT2D eigenvalue weighted by Gasteiger charge is 2.50. The molecule has 11 heteroatoms. The van der Waals surface area contributed by atoms with Gasteiger partial charge in [-0.2, -0.15) is 0 Å². The molecule has 0 spiro atoms. The third kappa shape index (κ3) is 7.77. The van der Waals surface area contributed by atoms with Crippen molar-refractivity contribution in [1.82, 2.24) is 0 Å². The highest BCUT2D eigenvalue weighted by atomic mass is 16.6. The van der Waals surface area contributed by atoms with Crippen LogP contribution in [0.15, 0.2) is 34.1 Å². The summed E-state index contributed by atoms with van der Waals surface area (Å²) >= 11 is 0. The molecule has 2 aliphatic carbocycles. The van der Waals surface area contributed by atoms with Gasteiger partial charge < -0.3 is 34.3 Å². The van der Waals surface area contributed by atoms with Crippen molar-refractivity contribution in [2.45, 2.75) is 98.8 Å². The largest absolute Gasteiger partial charge is 0.461 e. The zero-order valence-electron chi connectivity index (χ0n) is 23.8. The van der Waals surface area contributed by atoms with Crippen molar-refractivity contribution < 1.29 is 53.4 Å². The molecule has 6 atom stereocenters. The van der Waals surface area contributed by atoms with Crippen LogP contribution < -0.4 is 0 Å². The summed E-state index contributed by atoms with van der Waals surface area (Å²) in [4.78, 5) is 48.0. The van der Waals surface area contributed by atoms with E-state index in [1.54, 1.807) is 20.8 Å². The van der Waals surface area contributed by atoms with Gasteiger partial charge in [0.2, 0.25) is 0 Å². The van der Waals surface area contributed by atoms with Gasteiger partial charge >= 0.3 is 23.9 Å². The lowest BCUT2D eigenvalue weighted by Gasteiger charge is -2.48. The third-order valence-electron chi connectivity index (χ3n) is 7.35. The van der Waals surface area contributed by atoms with Gasteiger partial charge in [-0.15, -0.1) is 0 Å². The van der Waals surface area contributed by atoms with Gasteiger partial charge in [0.05, 0.1) is 18.3 Å². The number of aliphatic hydroxyl groups excluding tert-OH is 3. The first-order valence-corrected chi connectivity index (χ1v) is 12.8. The van der Waals surface area contributed by atoms with Crippen LogP contribution in [0.3, 0.4) is 0 Å². The third-order valence-corrected chi connectivity index (χ3v) is 7.35. The lowest BCUT2D eigenvalue weighted by Crippen LogP contribution is -2.48. The molecule has 218 valence electrons. The summed E-state index contributed by atoms with van der Waals surface area (Å²) in [5, 5.41) is 33.6.